The van der Waals surface area contributed by atoms with E-state index in [1.165, 1.54) is 24.7 Å². The number of unbranched alkanes of at least 4 members (excludes halogenated alkanes) is 1. The number of carbonyl (C=O) groups is 1. The summed E-state index contributed by atoms with van der Waals surface area (Å²) in [5.74, 6) is 0.0349. The molecule has 0 bridgehead atoms. The van der Waals surface area contributed by atoms with Crippen LogP contribution in [-0.4, -0.2) is 17.0 Å². The summed E-state index contributed by atoms with van der Waals surface area (Å²) >= 11 is 1.49. The van der Waals surface area contributed by atoms with Crippen LogP contribution in [0.2, 0.25) is 0 Å². The Kier molecular flexibility index (Phi) is 6.38. The number of carbonyl (C=O) groups excluding carboxylic acids is 1. The topological polar surface area (TPSA) is 67.4 Å². The second-order valence-electron chi connectivity index (χ2n) is 7.09. The second-order valence-corrected chi connectivity index (χ2v) is 8.06. The largest absolute Gasteiger partial charge is 0.496 e. The molecule has 0 aliphatic carbocycles. The molecule has 1 amide bonds. The van der Waals surface area contributed by atoms with Crippen molar-refractivity contribution < 1.29 is 9.53 Å². The second kappa shape index (κ2) is 8.33. The molecule has 0 aliphatic rings. The zero-order valence-corrected chi connectivity index (χ0v) is 16.8. The molecule has 1 aromatic heterocycles. The molecule has 2 rings (SSSR count). The van der Waals surface area contributed by atoms with Crippen LogP contribution in [0, 0.1) is 11.3 Å². The van der Waals surface area contributed by atoms with Gasteiger partial charge >= 0.3 is 0 Å². The predicted molar refractivity (Wildman–Crippen MR) is 104 cm³/mol. The Bertz CT molecular complexity index is 895. The van der Waals surface area contributed by atoms with Gasteiger partial charge in [-0.25, -0.2) is 0 Å². The fourth-order valence-electron chi connectivity index (χ4n) is 2.43. The number of aryl methyl sites for hydroxylation is 1. The Hall–Kier alpha value is -2.39. The van der Waals surface area contributed by atoms with E-state index in [-0.39, 0.29) is 11.4 Å². The van der Waals surface area contributed by atoms with E-state index in [4.69, 9.17) is 10.00 Å². The Morgan fingerprint density at radius 2 is 2.12 bits per heavy atom. The smallest absolute Gasteiger partial charge is 0.282 e. The first-order valence-electron chi connectivity index (χ1n) is 8.69. The molecule has 0 unspecified atom stereocenters. The summed E-state index contributed by atoms with van der Waals surface area (Å²) in [6, 6.07) is 6.83. The molecule has 0 saturated carbocycles. The summed E-state index contributed by atoms with van der Waals surface area (Å²) < 4.78 is 8.12. The van der Waals surface area contributed by atoms with Crippen molar-refractivity contribution in [1.82, 2.24) is 3.96 Å². The first-order valence-corrected chi connectivity index (χ1v) is 9.47. The van der Waals surface area contributed by atoms with Crippen molar-refractivity contribution in [3.63, 3.8) is 0 Å². The molecular weight excluding hydrogens is 346 g/mol. The van der Waals surface area contributed by atoms with E-state index < -0.39 is 0 Å². The van der Waals surface area contributed by atoms with E-state index in [2.05, 4.69) is 42.8 Å². The van der Waals surface area contributed by atoms with Gasteiger partial charge in [0.2, 0.25) is 0 Å². The quantitative estimate of drug-likeness (QED) is 0.788. The maximum atomic E-state index is 12.8. The lowest BCUT2D eigenvalue weighted by molar-refractivity contribution is 0.0996. The molecule has 5 nitrogen and oxygen atoms in total. The average Bonchev–Trinajstić information content (AvgIpc) is 3.02. The van der Waals surface area contributed by atoms with Crippen LogP contribution >= 0.6 is 11.5 Å². The van der Waals surface area contributed by atoms with Crippen molar-refractivity contribution in [1.29, 1.82) is 5.26 Å². The van der Waals surface area contributed by atoms with Gasteiger partial charge in [0, 0.05) is 17.3 Å². The highest BCUT2D eigenvalue weighted by Crippen LogP contribution is 2.21. The van der Waals surface area contributed by atoms with Gasteiger partial charge in [-0.15, -0.1) is 0 Å². The standard InChI is InChI=1S/C20H25N3O2S/c1-6-7-8-15-13-23(20(2,3)4)26-19(15)22-18(24)16-11-14(12-21)9-10-17(16)25-5/h9-11,13H,6-8H2,1-5H3/b22-19-. The van der Waals surface area contributed by atoms with Crippen LogP contribution in [0.5, 0.6) is 5.75 Å². The van der Waals surface area contributed by atoms with Crippen LogP contribution < -0.4 is 9.41 Å². The minimum Gasteiger partial charge on any atom is -0.496 e. The minimum atomic E-state index is -0.389. The molecule has 1 heterocycles. The van der Waals surface area contributed by atoms with Gasteiger partial charge in [-0.1, -0.05) is 13.3 Å². The maximum absolute atomic E-state index is 12.8. The first-order chi connectivity index (χ1) is 12.3. The van der Waals surface area contributed by atoms with Crippen LogP contribution in [0.4, 0.5) is 0 Å². The van der Waals surface area contributed by atoms with Gasteiger partial charge in [0.1, 0.15) is 10.4 Å². The van der Waals surface area contributed by atoms with Crippen LogP contribution in [-0.2, 0) is 12.0 Å². The molecule has 0 radical (unpaired) electrons. The van der Waals surface area contributed by atoms with Crippen LogP contribution in [0.15, 0.2) is 29.4 Å². The van der Waals surface area contributed by atoms with Gasteiger partial charge < -0.3 is 4.74 Å². The molecule has 1 aromatic carbocycles. The zero-order chi connectivity index (χ0) is 19.3. The molecule has 0 saturated heterocycles. The Labute approximate surface area is 158 Å². The number of hydrogen-bond acceptors (Lipinski definition) is 4. The van der Waals surface area contributed by atoms with Gasteiger partial charge in [-0.3, -0.25) is 8.75 Å². The highest BCUT2D eigenvalue weighted by atomic mass is 32.1. The number of nitriles is 1. The van der Waals surface area contributed by atoms with Gasteiger partial charge in [0.05, 0.1) is 24.3 Å². The van der Waals surface area contributed by atoms with Crippen molar-refractivity contribution in [3.05, 3.63) is 45.8 Å². The SMILES string of the molecule is CCCCc1cn(C(C)(C)C)s/c1=N\C(=O)c1cc(C#N)ccc1OC. The Balaban J connectivity index is 2.53. The molecule has 6 heteroatoms. The van der Waals surface area contributed by atoms with Gasteiger partial charge in [0.25, 0.3) is 5.91 Å². The van der Waals surface area contributed by atoms with E-state index in [1.807, 2.05) is 6.07 Å². The third-order valence-corrected chi connectivity index (χ3v) is 5.33. The van der Waals surface area contributed by atoms with E-state index in [0.29, 0.717) is 16.9 Å². The monoisotopic (exact) mass is 371 g/mol. The first kappa shape index (κ1) is 19.9. The number of methoxy groups -OCH3 is 1. The Morgan fingerprint density at radius 1 is 1.38 bits per heavy atom. The van der Waals surface area contributed by atoms with Crippen LogP contribution in [0.25, 0.3) is 0 Å². The molecule has 0 spiro atoms. The summed E-state index contributed by atoms with van der Waals surface area (Å²) in [6.45, 7) is 8.51. The normalized spacial score (nSPS) is 12.1. The summed E-state index contributed by atoms with van der Waals surface area (Å²) in [4.78, 5) is 17.2. The highest BCUT2D eigenvalue weighted by molar-refractivity contribution is 7.04. The maximum Gasteiger partial charge on any atom is 0.282 e. The minimum absolute atomic E-state index is 0.0686. The molecule has 138 valence electrons. The lowest BCUT2D eigenvalue weighted by atomic mass is 10.1. The summed E-state index contributed by atoms with van der Waals surface area (Å²) in [7, 11) is 1.50. The number of nitrogens with zero attached hydrogens (tertiary/aromatic N) is 3. The predicted octanol–water partition coefficient (Wildman–Crippen LogP) is 4.27. The molecular formula is C20H25N3O2S. The molecule has 0 N–H and O–H groups in total. The lowest BCUT2D eigenvalue weighted by Gasteiger charge is -2.19. The third-order valence-electron chi connectivity index (χ3n) is 3.96. The molecule has 0 aliphatic heterocycles. The number of ether oxygens (including phenoxy) is 1. The van der Waals surface area contributed by atoms with Crippen molar-refractivity contribution in [2.75, 3.05) is 7.11 Å². The average molecular weight is 372 g/mol. The van der Waals surface area contributed by atoms with Gasteiger partial charge in [-0.05, 0) is 63.3 Å². The van der Waals surface area contributed by atoms with E-state index in [9.17, 15) is 4.79 Å². The molecule has 0 fully saturated rings. The molecule has 26 heavy (non-hydrogen) atoms. The fraction of sp³-hybridized carbons (Fsp3) is 0.450. The fourth-order valence-corrected chi connectivity index (χ4v) is 3.47. The number of benzene rings is 1. The third kappa shape index (κ3) is 4.61. The van der Waals surface area contributed by atoms with Crippen molar-refractivity contribution in [3.8, 4) is 11.8 Å². The summed E-state index contributed by atoms with van der Waals surface area (Å²) in [6.07, 6.45) is 5.11. The summed E-state index contributed by atoms with van der Waals surface area (Å²) in [5, 5.41) is 9.10. The van der Waals surface area contributed by atoms with Crippen LogP contribution in [0.3, 0.4) is 0 Å². The highest BCUT2D eigenvalue weighted by Gasteiger charge is 2.17. The van der Waals surface area contributed by atoms with Crippen LogP contribution in [0.1, 0.15) is 62.0 Å². The molecule has 0 atom stereocenters. The Morgan fingerprint density at radius 3 is 2.69 bits per heavy atom. The van der Waals surface area contributed by atoms with E-state index >= 15 is 0 Å². The van der Waals surface area contributed by atoms with Gasteiger partial charge in [0.15, 0.2) is 0 Å². The lowest BCUT2D eigenvalue weighted by Crippen LogP contribution is -2.18. The number of rotatable bonds is 5. The van der Waals surface area contributed by atoms with E-state index in [1.54, 1.807) is 12.1 Å². The number of hydrogen-bond donors (Lipinski definition) is 0. The van der Waals surface area contributed by atoms with Gasteiger partial charge in [-0.2, -0.15) is 10.3 Å². The zero-order valence-electron chi connectivity index (χ0n) is 16.0. The number of aromatic nitrogens is 1. The van der Waals surface area contributed by atoms with Crippen molar-refractivity contribution in [2.24, 2.45) is 4.99 Å². The summed E-state index contributed by atoms with van der Waals surface area (Å²) in [5.41, 5.74) is 1.73. The molecule has 2 aromatic rings. The number of amides is 1. The van der Waals surface area contributed by atoms with Crippen molar-refractivity contribution >= 4 is 17.4 Å². The van der Waals surface area contributed by atoms with E-state index in [0.717, 1.165) is 29.5 Å². The van der Waals surface area contributed by atoms with Crippen molar-refractivity contribution in [2.45, 2.75) is 52.5 Å².